The van der Waals surface area contributed by atoms with E-state index in [2.05, 4.69) is 15.4 Å². The zero-order valence-electron chi connectivity index (χ0n) is 19.3. The summed E-state index contributed by atoms with van der Waals surface area (Å²) >= 11 is 0. The first-order valence-corrected chi connectivity index (χ1v) is 11.3. The Morgan fingerprint density at radius 2 is 1.91 bits per heavy atom. The Balaban J connectivity index is 1.34. The van der Waals surface area contributed by atoms with Gasteiger partial charge in [0, 0.05) is 37.4 Å². The first-order valence-electron chi connectivity index (χ1n) is 11.3. The normalized spacial score (nSPS) is 14.3. The third-order valence-electron chi connectivity index (χ3n) is 6.08. The van der Waals surface area contributed by atoms with Crippen LogP contribution in [0.15, 0.2) is 60.8 Å². The van der Waals surface area contributed by atoms with Gasteiger partial charge in [-0.15, -0.1) is 5.10 Å². The van der Waals surface area contributed by atoms with E-state index in [-0.39, 0.29) is 18.3 Å². The number of para-hydroxylation sites is 1. The van der Waals surface area contributed by atoms with Gasteiger partial charge in [-0.25, -0.2) is 13.9 Å². The molecule has 1 saturated heterocycles. The molecule has 35 heavy (non-hydrogen) atoms. The van der Waals surface area contributed by atoms with Crippen molar-refractivity contribution in [1.29, 1.82) is 0 Å². The molecule has 5 rings (SSSR count). The van der Waals surface area contributed by atoms with Crippen LogP contribution in [0.5, 0.6) is 5.75 Å². The number of halogens is 1. The average molecular weight is 476 g/mol. The van der Waals surface area contributed by atoms with Crippen LogP contribution in [0.25, 0.3) is 16.8 Å². The zero-order valence-corrected chi connectivity index (χ0v) is 19.3. The summed E-state index contributed by atoms with van der Waals surface area (Å²) in [6.07, 6.45) is 1.71. The Morgan fingerprint density at radius 3 is 2.66 bits per heavy atom. The van der Waals surface area contributed by atoms with Crippen LogP contribution in [-0.2, 0) is 4.79 Å². The predicted molar refractivity (Wildman–Crippen MR) is 133 cm³/mol. The SMILES string of the molecule is COc1ccccc1-c1ccc2cnc(Nc3ccc(N4CCN(CC(N)=O)CC4)c(F)c3)nn12. The number of anilines is 3. The molecule has 0 radical (unpaired) electrons. The number of nitrogens with zero attached hydrogens (tertiary/aromatic N) is 5. The quantitative estimate of drug-likeness (QED) is 0.424. The molecule has 3 N–H and O–H groups in total. The highest BCUT2D eigenvalue weighted by Gasteiger charge is 2.21. The summed E-state index contributed by atoms with van der Waals surface area (Å²) in [6.45, 7) is 2.78. The summed E-state index contributed by atoms with van der Waals surface area (Å²) in [7, 11) is 1.63. The molecule has 0 spiro atoms. The van der Waals surface area contributed by atoms with Crippen LogP contribution in [0.4, 0.5) is 21.7 Å². The highest BCUT2D eigenvalue weighted by Crippen LogP contribution is 2.31. The summed E-state index contributed by atoms with van der Waals surface area (Å²) in [4.78, 5) is 19.4. The van der Waals surface area contributed by atoms with Crippen molar-refractivity contribution in [3.8, 4) is 17.0 Å². The second kappa shape index (κ2) is 9.59. The van der Waals surface area contributed by atoms with Crippen LogP contribution in [0.1, 0.15) is 0 Å². The molecule has 9 nitrogen and oxygen atoms in total. The van der Waals surface area contributed by atoms with E-state index < -0.39 is 0 Å². The number of piperazine rings is 1. The molecule has 0 atom stereocenters. The van der Waals surface area contributed by atoms with Crippen LogP contribution in [0.3, 0.4) is 0 Å². The minimum absolute atomic E-state index is 0.226. The van der Waals surface area contributed by atoms with Crippen LogP contribution < -0.4 is 20.7 Å². The summed E-state index contributed by atoms with van der Waals surface area (Å²) in [5, 5.41) is 7.72. The lowest BCUT2D eigenvalue weighted by atomic mass is 10.1. The van der Waals surface area contributed by atoms with E-state index in [1.807, 2.05) is 46.2 Å². The minimum Gasteiger partial charge on any atom is -0.496 e. The number of hydrogen-bond donors (Lipinski definition) is 2. The lowest BCUT2D eigenvalue weighted by molar-refractivity contribution is -0.119. The number of carbonyl (C=O) groups excluding carboxylic acids is 1. The molecular weight excluding hydrogens is 449 g/mol. The van der Waals surface area contributed by atoms with Crippen molar-refractivity contribution in [3.05, 3.63) is 66.6 Å². The maximum Gasteiger partial charge on any atom is 0.245 e. The average Bonchev–Trinajstić information content (AvgIpc) is 3.27. The van der Waals surface area contributed by atoms with Crippen molar-refractivity contribution in [3.63, 3.8) is 0 Å². The number of nitrogens with two attached hydrogens (primary N) is 1. The maximum absolute atomic E-state index is 15.0. The standard InChI is InChI=1S/C25H26FN7O2/c1-35-23-5-3-2-4-19(23)21-9-7-18-15-28-25(30-33(18)21)29-17-6-8-22(20(26)14-17)32-12-10-31(11-13-32)16-24(27)34/h2-9,14-15H,10-13,16H2,1H3,(H2,27,34)(H,29,30). The molecule has 1 fully saturated rings. The third-order valence-corrected chi connectivity index (χ3v) is 6.08. The van der Waals surface area contributed by atoms with Gasteiger partial charge in [0.2, 0.25) is 11.9 Å². The Hall–Kier alpha value is -4.18. The number of benzene rings is 2. The molecule has 0 unspecified atom stereocenters. The number of primary amides is 1. The molecule has 0 aliphatic carbocycles. The van der Waals surface area contributed by atoms with Crippen molar-refractivity contribution < 1.29 is 13.9 Å². The number of amides is 1. The molecule has 0 saturated carbocycles. The van der Waals surface area contributed by atoms with Crippen molar-refractivity contribution in [2.75, 3.05) is 50.1 Å². The van der Waals surface area contributed by atoms with Gasteiger partial charge in [0.15, 0.2) is 0 Å². The number of ether oxygens (including phenoxy) is 1. The van der Waals surface area contributed by atoms with E-state index in [9.17, 15) is 9.18 Å². The highest BCUT2D eigenvalue weighted by molar-refractivity contribution is 5.76. The summed E-state index contributed by atoms with van der Waals surface area (Å²) < 4.78 is 22.3. The Kier molecular flexibility index (Phi) is 6.19. The molecule has 0 bridgehead atoms. The molecule has 4 aromatic rings. The topological polar surface area (TPSA) is 101 Å². The molecule has 3 heterocycles. The second-order valence-electron chi connectivity index (χ2n) is 8.36. The van der Waals surface area contributed by atoms with Gasteiger partial charge in [0.05, 0.1) is 36.7 Å². The van der Waals surface area contributed by atoms with Gasteiger partial charge in [-0.2, -0.15) is 0 Å². The monoisotopic (exact) mass is 475 g/mol. The highest BCUT2D eigenvalue weighted by atomic mass is 19.1. The van der Waals surface area contributed by atoms with Crippen LogP contribution in [0.2, 0.25) is 0 Å². The molecular formula is C25H26FN7O2. The Labute approximate surface area is 201 Å². The number of fused-ring (bicyclic) bond motifs is 1. The maximum atomic E-state index is 15.0. The summed E-state index contributed by atoms with van der Waals surface area (Å²) in [6, 6.07) is 16.6. The smallest absolute Gasteiger partial charge is 0.245 e. The van der Waals surface area contributed by atoms with E-state index in [0.29, 0.717) is 43.5 Å². The number of carbonyl (C=O) groups is 1. The van der Waals surface area contributed by atoms with Crippen molar-refractivity contribution in [1.82, 2.24) is 19.5 Å². The molecule has 1 amide bonds. The van der Waals surface area contributed by atoms with Crippen LogP contribution in [0, 0.1) is 5.82 Å². The first-order chi connectivity index (χ1) is 17.0. The molecule has 1 aliphatic rings. The number of methoxy groups -OCH3 is 1. The lowest BCUT2D eigenvalue weighted by Crippen LogP contribution is -2.49. The fourth-order valence-electron chi connectivity index (χ4n) is 4.36. The van der Waals surface area contributed by atoms with Gasteiger partial charge < -0.3 is 20.7 Å². The molecule has 180 valence electrons. The van der Waals surface area contributed by atoms with Crippen LogP contribution >= 0.6 is 0 Å². The number of hydrogen-bond acceptors (Lipinski definition) is 7. The molecule has 10 heteroatoms. The van der Waals surface area contributed by atoms with E-state index in [4.69, 9.17) is 10.5 Å². The van der Waals surface area contributed by atoms with E-state index in [0.717, 1.165) is 22.5 Å². The molecule has 2 aromatic heterocycles. The number of rotatable bonds is 7. The lowest BCUT2D eigenvalue weighted by Gasteiger charge is -2.35. The fourth-order valence-corrected chi connectivity index (χ4v) is 4.36. The summed E-state index contributed by atoms with van der Waals surface area (Å²) in [5.74, 6) is 0.399. The Bertz CT molecular complexity index is 1370. The van der Waals surface area contributed by atoms with Gasteiger partial charge in [0.25, 0.3) is 0 Å². The van der Waals surface area contributed by atoms with Crippen LogP contribution in [-0.4, -0.2) is 65.2 Å². The van der Waals surface area contributed by atoms with Crippen molar-refractivity contribution in [2.24, 2.45) is 5.73 Å². The largest absolute Gasteiger partial charge is 0.496 e. The first kappa shape index (κ1) is 22.6. The predicted octanol–water partition coefficient (Wildman–Crippen LogP) is 2.89. The van der Waals surface area contributed by atoms with E-state index >= 15 is 0 Å². The number of aromatic nitrogens is 3. The number of nitrogens with one attached hydrogen (secondary N) is 1. The van der Waals surface area contributed by atoms with Crippen molar-refractivity contribution >= 4 is 28.7 Å². The van der Waals surface area contributed by atoms with E-state index in [1.165, 1.54) is 6.07 Å². The van der Waals surface area contributed by atoms with Gasteiger partial charge in [-0.05, 0) is 42.5 Å². The van der Waals surface area contributed by atoms with Gasteiger partial charge in [-0.3, -0.25) is 9.69 Å². The minimum atomic E-state index is -0.351. The van der Waals surface area contributed by atoms with Gasteiger partial charge >= 0.3 is 0 Å². The third kappa shape index (κ3) is 4.73. The second-order valence-corrected chi connectivity index (χ2v) is 8.36. The zero-order chi connectivity index (χ0) is 24.4. The fraction of sp³-hybridized carbons (Fsp3) is 0.240. The van der Waals surface area contributed by atoms with E-state index in [1.54, 1.807) is 30.0 Å². The summed E-state index contributed by atoms with van der Waals surface area (Å²) in [5.41, 5.74) is 8.93. The molecule has 1 aliphatic heterocycles. The van der Waals surface area contributed by atoms with Gasteiger partial charge in [0.1, 0.15) is 11.6 Å². The van der Waals surface area contributed by atoms with Crippen molar-refractivity contribution in [2.45, 2.75) is 0 Å². The molecule has 2 aromatic carbocycles. The van der Waals surface area contributed by atoms with Gasteiger partial charge in [-0.1, -0.05) is 12.1 Å². The Morgan fingerprint density at radius 1 is 1.11 bits per heavy atom.